The van der Waals surface area contributed by atoms with E-state index in [2.05, 4.69) is 125 Å². The van der Waals surface area contributed by atoms with Crippen LogP contribution in [0.1, 0.15) is 52.5 Å². The molecule has 0 fully saturated rings. The molecular weight excluding hydrogens is 523 g/mol. The van der Waals surface area contributed by atoms with Gasteiger partial charge in [-0.25, -0.2) is 0 Å². The summed E-state index contributed by atoms with van der Waals surface area (Å²) in [5, 5.41) is 9.00. The minimum absolute atomic E-state index is 0.414. The van der Waals surface area contributed by atoms with Crippen LogP contribution in [0.5, 0.6) is 0 Å². The first-order valence-electron chi connectivity index (χ1n) is 14.6. The van der Waals surface area contributed by atoms with Gasteiger partial charge < -0.3 is 5.32 Å². The minimum atomic E-state index is 0.414. The monoisotopic (exact) mass is 563 g/mol. The van der Waals surface area contributed by atoms with Crippen molar-refractivity contribution in [3.05, 3.63) is 112 Å². The molecule has 0 saturated carbocycles. The van der Waals surface area contributed by atoms with Gasteiger partial charge in [-0.15, -0.1) is 0 Å². The summed E-state index contributed by atoms with van der Waals surface area (Å²) in [6, 6.07) is 26.4. The summed E-state index contributed by atoms with van der Waals surface area (Å²) in [4.78, 5) is 5.15. The summed E-state index contributed by atoms with van der Waals surface area (Å²) < 4.78 is 0. The summed E-state index contributed by atoms with van der Waals surface area (Å²) in [5.41, 5.74) is 5.43. The Bertz CT molecular complexity index is 1610. The van der Waals surface area contributed by atoms with Gasteiger partial charge in [-0.3, -0.25) is 0 Å². The molecule has 5 rings (SSSR count). The number of allylic oxidation sites excluding steroid dienone is 4. The van der Waals surface area contributed by atoms with Gasteiger partial charge in [0.1, 0.15) is 0 Å². The summed E-state index contributed by atoms with van der Waals surface area (Å²) in [7, 11) is 0. The number of nitrogens with one attached hydrogen (secondary N) is 1. The maximum atomic E-state index is 4.66. The molecule has 4 aromatic carbocycles. The molecule has 1 nitrogen and oxygen atoms in total. The van der Waals surface area contributed by atoms with E-state index < -0.39 is 0 Å². The van der Waals surface area contributed by atoms with Gasteiger partial charge in [-0.1, -0.05) is 124 Å². The lowest BCUT2D eigenvalue weighted by Gasteiger charge is -2.22. The fraction of sp³-hybridized carbons (Fsp3) is 0.297. The Balaban J connectivity index is 1.54. The minimum Gasteiger partial charge on any atom is -0.384 e. The molecule has 0 saturated heterocycles. The third-order valence-corrected chi connectivity index (χ3v) is 10.5. The van der Waals surface area contributed by atoms with Crippen LogP contribution in [-0.2, 0) is 0 Å². The molecule has 206 valence electrons. The molecule has 1 aliphatic rings. The number of rotatable bonds is 6. The van der Waals surface area contributed by atoms with Gasteiger partial charge in [-0.05, 0) is 88.4 Å². The molecule has 3 heteroatoms. The number of hydrogen-bond acceptors (Lipinski definition) is 3. The molecule has 1 heterocycles. The SMILES string of the molecule is C=C1Sc2ccc3ccccc3c2NCCC(C)C1=C/C(=C(/C)Sc1ccc2ccccc2c1C)C(C)CCC. The number of benzene rings is 4. The Labute approximate surface area is 249 Å². The van der Waals surface area contributed by atoms with Gasteiger partial charge in [-0.2, -0.15) is 0 Å². The lowest BCUT2D eigenvalue weighted by atomic mass is 9.89. The van der Waals surface area contributed by atoms with Gasteiger partial charge in [0.15, 0.2) is 0 Å². The fourth-order valence-corrected chi connectivity index (χ4v) is 8.04. The van der Waals surface area contributed by atoms with Crippen molar-refractivity contribution in [3.63, 3.8) is 0 Å². The van der Waals surface area contributed by atoms with Crippen molar-refractivity contribution >= 4 is 50.8 Å². The van der Waals surface area contributed by atoms with Crippen LogP contribution in [0, 0.1) is 18.8 Å². The summed E-state index contributed by atoms with van der Waals surface area (Å²) in [5.74, 6) is 0.898. The molecule has 0 bridgehead atoms. The molecule has 0 spiro atoms. The van der Waals surface area contributed by atoms with Crippen molar-refractivity contribution < 1.29 is 0 Å². The quantitative estimate of drug-likeness (QED) is 0.234. The van der Waals surface area contributed by atoms with Crippen molar-refractivity contribution in [1.82, 2.24) is 0 Å². The molecule has 40 heavy (non-hydrogen) atoms. The van der Waals surface area contributed by atoms with E-state index in [0.717, 1.165) is 17.9 Å². The van der Waals surface area contributed by atoms with Crippen LogP contribution >= 0.6 is 23.5 Å². The van der Waals surface area contributed by atoms with Crippen molar-refractivity contribution in [2.45, 2.75) is 63.7 Å². The van der Waals surface area contributed by atoms with Gasteiger partial charge in [0.2, 0.25) is 0 Å². The van der Waals surface area contributed by atoms with E-state index in [4.69, 9.17) is 0 Å². The van der Waals surface area contributed by atoms with Gasteiger partial charge >= 0.3 is 0 Å². The molecule has 4 aromatic rings. The standard InChI is InChI=1S/C37H41NS2/c1-7-12-24(2)33(27(5)39-35-19-17-29-13-8-10-15-31(29)26(35)4)23-34-25(3)21-22-38-37-32-16-11-9-14-30(32)18-20-36(37)40-28(34)6/h8-11,13-20,23-25,38H,6-7,12,21-22H2,1-5H3/b33-27+,34-23?. The van der Waals surface area contributed by atoms with Crippen molar-refractivity contribution in [1.29, 1.82) is 0 Å². The average Bonchev–Trinajstić information content (AvgIpc) is 3.01. The highest BCUT2D eigenvalue weighted by atomic mass is 32.2. The van der Waals surface area contributed by atoms with E-state index in [1.807, 2.05) is 23.5 Å². The first-order valence-corrected chi connectivity index (χ1v) is 16.2. The highest BCUT2D eigenvalue weighted by Crippen LogP contribution is 2.44. The lowest BCUT2D eigenvalue weighted by Crippen LogP contribution is -2.09. The second-order valence-electron chi connectivity index (χ2n) is 11.1. The molecule has 0 radical (unpaired) electrons. The van der Waals surface area contributed by atoms with Gasteiger partial charge in [0.25, 0.3) is 0 Å². The molecular formula is C37H41NS2. The number of thioether (sulfide) groups is 2. The first kappa shape index (κ1) is 28.6. The van der Waals surface area contributed by atoms with Crippen LogP contribution in [-0.4, -0.2) is 6.54 Å². The van der Waals surface area contributed by atoms with Crippen LogP contribution in [0.4, 0.5) is 5.69 Å². The first-order chi connectivity index (χ1) is 19.4. The predicted molar refractivity (Wildman–Crippen MR) is 181 cm³/mol. The van der Waals surface area contributed by atoms with Crippen molar-refractivity contribution in [3.8, 4) is 0 Å². The van der Waals surface area contributed by atoms with E-state index >= 15 is 0 Å². The highest BCUT2D eigenvalue weighted by Gasteiger charge is 2.21. The Kier molecular flexibility index (Phi) is 9.13. The van der Waals surface area contributed by atoms with Crippen LogP contribution in [0.25, 0.3) is 21.5 Å². The van der Waals surface area contributed by atoms with E-state index in [1.165, 1.54) is 71.5 Å². The second kappa shape index (κ2) is 12.7. The normalized spacial score (nSPS) is 18.5. The molecule has 1 N–H and O–H groups in total. The fourth-order valence-electron chi connectivity index (χ4n) is 5.87. The molecule has 0 aromatic heterocycles. The van der Waals surface area contributed by atoms with Gasteiger partial charge in [0.05, 0.1) is 5.69 Å². The van der Waals surface area contributed by atoms with Crippen LogP contribution in [0.15, 0.2) is 116 Å². The van der Waals surface area contributed by atoms with Crippen molar-refractivity contribution in [2.75, 3.05) is 11.9 Å². The summed E-state index contributed by atoms with van der Waals surface area (Å²) >= 11 is 3.75. The number of aryl methyl sites for hydroxylation is 1. The van der Waals surface area contributed by atoms with Gasteiger partial charge in [0, 0.05) is 26.6 Å². The number of fused-ring (bicyclic) bond motifs is 4. The Hall–Kier alpha value is -2.88. The van der Waals surface area contributed by atoms with E-state index in [-0.39, 0.29) is 0 Å². The molecule has 0 amide bonds. The molecule has 2 atom stereocenters. The van der Waals surface area contributed by atoms with Crippen LogP contribution in [0.3, 0.4) is 0 Å². The van der Waals surface area contributed by atoms with Crippen molar-refractivity contribution in [2.24, 2.45) is 11.8 Å². The van der Waals surface area contributed by atoms with E-state index in [9.17, 15) is 0 Å². The molecule has 2 unspecified atom stereocenters. The second-order valence-corrected chi connectivity index (χ2v) is 13.5. The Morgan fingerprint density at radius 1 is 1.02 bits per heavy atom. The highest BCUT2D eigenvalue weighted by molar-refractivity contribution is 8.03. The zero-order valence-electron chi connectivity index (χ0n) is 24.5. The Morgan fingerprint density at radius 3 is 2.45 bits per heavy atom. The zero-order valence-corrected chi connectivity index (χ0v) is 26.1. The van der Waals surface area contributed by atoms with E-state index in [1.54, 1.807) is 0 Å². The third kappa shape index (κ3) is 6.06. The van der Waals surface area contributed by atoms with Crippen LogP contribution in [0.2, 0.25) is 0 Å². The predicted octanol–water partition coefficient (Wildman–Crippen LogP) is 11.8. The summed E-state index contributed by atoms with van der Waals surface area (Å²) in [6.07, 6.45) is 5.93. The molecule has 0 aliphatic carbocycles. The van der Waals surface area contributed by atoms with Crippen LogP contribution < -0.4 is 5.32 Å². The number of anilines is 1. The zero-order chi connectivity index (χ0) is 28.2. The average molecular weight is 564 g/mol. The van der Waals surface area contributed by atoms with E-state index in [0.29, 0.717) is 11.8 Å². The summed E-state index contributed by atoms with van der Waals surface area (Å²) in [6.45, 7) is 17.2. The maximum Gasteiger partial charge on any atom is 0.0561 e. The topological polar surface area (TPSA) is 12.0 Å². The Morgan fingerprint density at radius 2 is 1.70 bits per heavy atom. The largest absolute Gasteiger partial charge is 0.384 e. The maximum absolute atomic E-state index is 4.66. The third-order valence-electron chi connectivity index (χ3n) is 8.24. The number of hydrogen-bond donors (Lipinski definition) is 1. The molecule has 1 aliphatic heterocycles. The lowest BCUT2D eigenvalue weighted by molar-refractivity contribution is 0.604. The smallest absolute Gasteiger partial charge is 0.0561 e.